The molecule has 1 fully saturated rings. The van der Waals surface area contributed by atoms with E-state index < -0.39 is 6.10 Å². The number of aliphatic hydroxyl groups excluding tert-OH is 1. The van der Waals surface area contributed by atoms with Gasteiger partial charge in [0.25, 0.3) is 0 Å². The summed E-state index contributed by atoms with van der Waals surface area (Å²) in [7, 11) is 1.64. The molecule has 0 spiro atoms. The fourth-order valence-corrected chi connectivity index (χ4v) is 3.44. The second-order valence-electron chi connectivity index (χ2n) is 7.11. The average Bonchev–Trinajstić information content (AvgIpc) is 3.21. The number of carbonyl (C=O) groups excluding carboxylic acids is 1. The van der Waals surface area contributed by atoms with Gasteiger partial charge in [-0.3, -0.25) is 9.69 Å². The van der Waals surface area contributed by atoms with Gasteiger partial charge in [-0.15, -0.1) is 0 Å². The monoisotopic (exact) mass is 373 g/mol. The molecule has 0 aliphatic carbocycles. The Morgan fingerprint density at radius 2 is 2.15 bits per heavy atom. The van der Waals surface area contributed by atoms with Gasteiger partial charge in [0.1, 0.15) is 11.5 Å². The molecular formula is C20H27N3O4. The Morgan fingerprint density at radius 1 is 1.37 bits per heavy atom. The van der Waals surface area contributed by atoms with Crippen LogP contribution in [0.15, 0.2) is 34.9 Å². The van der Waals surface area contributed by atoms with Crippen LogP contribution < -0.4 is 10.1 Å². The maximum Gasteiger partial charge on any atom is 0.234 e. The fourth-order valence-electron chi connectivity index (χ4n) is 3.44. The quantitative estimate of drug-likeness (QED) is 0.723. The highest BCUT2D eigenvalue weighted by Crippen LogP contribution is 2.21. The second kappa shape index (κ2) is 9.01. The Labute approximate surface area is 159 Å². The number of amides is 1. The second-order valence-corrected chi connectivity index (χ2v) is 7.11. The van der Waals surface area contributed by atoms with Crippen molar-refractivity contribution in [1.82, 2.24) is 15.4 Å². The lowest BCUT2D eigenvalue weighted by Crippen LogP contribution is -2.37. The molecule has 27 heavy (non-hydrogen) atoms. The number of aryl methyl sites for hydroxylation is 1. The lowest BCUT2D eigenvalue weighted by molar-refractivity contribution is -0.122. The largest absolute Gasteiger partial charge is 0.497 e. The van der Waals surface area contributed by atoms with Crippen LogP contribution in [-0.4, -0.2) is 60.5 Å². The smallest absolute Gasteiger partial charge is 0.234 e. The number of carbonyl (C=O) groups is 1. The zero-order chi connectivity index (χ0) is 19.2. The van der Waals surface area contributed by atoms with Gasteiger partial charge >= 0.3 is 0 Å². The first-order valence-electron chi connectivity index (χ1n) is 9.25. The fraction of sp³-hybridized carbons (Fsp3) is 0.500. The maximum atomic E-state index is 12.2. The summed E-state index contributed by atoms with van der Waals surface area (Å²) < 4.78 is 10.4. The van der Waals surface area contributed by atoms with E-state index in [1.807, 2.05) is 42.2 Å². The highest BCUT2D eigenvalue weighted by molar-refractivity contribution is 5.78. The summed E-state index contributed by atoms with van der Waals surface area (Å²) in [6.07, 6.45) is 0.950. The molecule has 1 aliphatic rings. The van der Waals surface area contributed by atoms with Crippen molar-refractivity contribution in [3.63, 3.8) is 0 Å². The Hall–Kier alpha value is -2.38. The minimum Gasteiger partial charge on any atom is -0.497 e. The molecule has 3 rings (SSSR count). The number of methoxy groups -OCH3 is 1. The molecule has 2 atom stereocenters. The molecule has 0 bridgehead atoms. The van der Waals surface area contributed by atoms with Gasteiger partial charge in [0.15, 0.2) is 0 Å². The molecule has 7 nitrogen and oxygen atoms in total. The van der Waals surface area contributed by atoms with Crippen LogP contribution in [0.5, 0.6) is 5.75 Å². The number of likely N-dealkylation sites (tertiary alicyclic amines) is 1. The number of nitrogens with zero attached hydrogens (tertiary/aromatic N) is 2. The molecule has 1 aliphatic heterocycles. The first kappa shape index (κ1) is 19.4. The van der Waals surface area contributed by atoms with Crippen molar-refractivity contribution >= 4 is 5.91 Å². The van der Waals surface area contributed by atoms with Crippen LogP contribution in [0.25, 0.3) is 0 Å². The minimum absolute atomic E-state index is 0.0214. The molecule has 7 heteroatoms. The van der Waals surface area contributed by atoms with E-state index in [1.165, 1.54) is 0 Å². The molecule has 1 aromatic heterocycles. The highest BCUT2D eigenvalue weighted by atomic mass is 16.5. The van der Waals surface area contributed by atoms with Gasteiger partial charge in [0, 0.05) is 38.0 Å². The number of benzene rings is 1. The van der Waals surface area contributed by atoms with E-state index in [9.17, 15) is 9.90 Å². The van der Waals surface area contributed by atoms with E-state index in [0.717, 1.165) is 29.2 Å². The molecule has 146 valence electrons. The molecule has 1 amide bonds. The van der Waals surface area contributed by atoms with E-state index in [1.54, 1.807) is 7.11 Å². The van der Waals surface area contributed by atoms with Crippen molar-refractivity contribution in [2.24, 2.45) is 5.92 Å². The van der Waals surface area contributed by atoms with Crippen molar-refractivity contribution in [3.8, 4) is 5.75 Å². The third-order valence-electron chi connectivity index (χ3n) is 4.88. The first-order valence-corrected chi connectivity index (χ1v) is 9.25. The van der Waals surface area contributed by atoms with Gasteiger partial charge in [0.2, 0.25) is 5.91 Å². The average molecular weight is 373 g/mol. The normalized spacial score (nSPS) is 20.0. The number of rotatable bonds is 8. The Bertz CT molecular complexity index is 744. The highest BCUT2D eigenvalue weighted by Gasteiger charge is 2.33. The minimum atomic E-state index is -0.456. The third-order valence-corrected chi connectivity index (χ3v) is 4.88. The van der Waals surface area contributed by atoms with Crippen LogP contribution >= 0.6 is 0 Å². The number of aromatic nitrogens is 1. The van der Waals surface area contributed by atoms with Gasteiger partial charge < -0.3 is 19.7 Å². The van der Waals surface area contributed by atoms with Crippen molar-refractivity contribution in [2.45, 2.75) is 25.9 Å². The van der Waals surface area contributed by atoms with Crippen LogP contribution in [0.1, 0.15) is 17.0 Å². The third kappa shape index (κ3) is 5.55. The summed E-state index contributed by atoms with van der Waals surface area (Å²) in [4.78, 5) is 14.2. The standard InChI is InChI=1S/C20H27N3O4/c1-14-9-18(27-22-14)10-16-11-23(12-19(16)24)13-20(25)21-8-7-15-3-5-17(26-2)6-4-15/h3-6,9,16,19,24H,7-8,10-13H2,1-2H3,(H,21,25)/t16-,19+/m1/s1. The number of β-amino-alcohol motifs (C(OH)–C–C–N with tert-alkyl or cyclic N) is 1. The maximum absolute atomic E-state index is 12.2. The van der Waals surface area contributed by atoms with Crippen LogP contribution in [0.4, 0.5) is 0 Å². The SMILES string of the molecule is COc1ccc(CCNC(=O)CN2C[C@@H](Cc3cc(C)no3)[C@@H](O)C2)cc1. The molecule has 1 saturated heterocycles. The van der Waals surface area contributed by atoms with Gasteiger partial charge in [0.05, 0.1) is 25.5 Å². The van der Waals surface area contributed by atoms with E-state index in [0.29, 0.717) is 32.6 Å². The van der Waals surface area contributed by atoms with Crippen LogP contribution in [0.2, 0.25) is 0 Å². The number of hydrogen-bond donors (Lipinski definition) is 2. The van der Waals surface area contributed by atoms with Gasteiger partial charge in [-0.25, -0.2) is 0 Å². The first-order chi connectivity index (χ1) is 13.0. The molecule has 0 radical (unpaired) electrons. The molecule has 2 N–H and O–H groups in total. The number of nitrogens with one attached hydrogen (secondary N) is 1. The van der Waals surface area contributed by atoms with Crippen molar-refractivity contribution in [1.29, 1.82) is 0 Å². The summed E-state index contributed by atoms with van der Waals surface area (Å²) in [6.45, 7) is 3.94. The molecule has 1 aromatic carbocycles. The number of aliphatic hydroxyl groups is 1. The summed E-state index contributed by atoms with van der Waals surface area (Å²) >= 11 is 0. The van der Waals surface area contributed by atoms with Crippen molar-refractivity contribution in [3.05, 3.63) is 47.3 Å². The predicted molar refractivity (Wildman–Crippen MR) is 101 cm³/mol. The van der Waals surface area contributed by atoms with Crippen molar-refractivity contribution < 1.29 is 19.2 Å². The molecule has 0 unspecified atom stereocenters. The van der Waals surface area contributed by atoms with Crippen LogP contribution in [0.3, 0.4) is 0 Å². The van der Waals surface area contributed by atoms with Gasteiger partial charge in [-0.2, -0.15) is 0 Å². The Kier molecular flexibility index (Phi) is 6.47. The topological polar surface area (TPSA) is 87.8 Å². The van der Waals surface area contributed by atoms with Gasteiger partial charge in [-0.05, 0) is 31.0 Å². The molecular weight excluding hydrogens is 346 g/mol. The van der Waals surface area contributed by atoms with E-state index in [4.69, 9.17) is 9.26 Å². The molecule has 2 aromatic rings. The van der Waals surface area contributed by atoms with E-state index in [2.05, 4.69) is 10.5 Å². The Morgan fingerprint density at radius 3 is 2.81 bits per heavy atom. The lowest BCUT2D eigenvalue weighted by Gasteiger charge is -2.15. The number of hydrogen-bond acceptors (Lipinski definition) is 6. The molecule has 2 heterocycles. The van der Waals surface area contributed by atoms with Crippen LogP contribution in [-0.2, 0) is 17.6 Å². The summed E-state index contributed by atoms with van der Waals surface area (Å²) in [5.41, 5.74) is 1.99. The van der Waals surface area contributed by atoms with Crippen LogP contribution in [0, 0.1) is 12.8 Å². The zero-order valence-electron chi connectivity index (χ0n) is 15.9. The zero-order valence-corrected chi connectivity index (χ0v) is 15.9. The lowest BCUT2D eigenvalue weighted by atomic mass is 10.0. The summed E-state index contributed by atoms with van der Waals surface area (Å²) in [5.74, 6) is 1.64. The summed E-state index contributed by atoms with van der Waals surface area (Å²) in [5, 5.41) is 17.1. The van der Waals surface area contributed by atoms with E-state index in [-0.39, 0.29) is 11.8 Å². The predicted octanol–water partition coefficient (Wildman–Crippen LogP) is 1.19. The van der Waals surface area contributed by atoms with Gasteiger partial charge in [-0.1, -0.05) is 17.3 Å². The molecule has 0 saturated carbocycles. The summed E-state index contributed by atoms with van der Waals surface area (Å²) in [6, 6.07) is 9.72. The Balaban J connectivity index is 1.38. The number of ether oxygens (including phenoxy) is 1. The van der Waals surface area contributed by atoms with E-state index >= 15 is 0 Å². The van der Waals surface area contributed by atoms with Crippen molar-refractivity contribution in [2.75, 3.05) is 33.3 Å².